The van der Waals surface area contributed by atoms with E-state index in [2.05, 4.69) is 17.4 Å². The van der Waals surface area contributed by atoms with Gasteiger partial charge in [0.15, 0.2) is 0 Å². The van der Waals surface area contributed by atoms with E-state index in [0.717, 1.165) is 11.1 Å². The molecule has 0 aromatic heterocycles. The predicted octanol–water partition coefficient (Wildman–Crippen LogP) is 4.33. The Morgan fingerprint density at radius 3 is 1.79 bits per heavy atom. The monoisotopic (exact) mass is 315 g/mol. The van der Waals surface area contributed by atoms with Crippen molar-refractivity contribution in [3.8, 4) is 0 Å². The van der Waals surface area contributed by atoms with E-state index in [4.69, 9.17) is 0 Å². The van der Waals surface area contributed by atoms with Crippen LogP contribution in [-0.4, -0.2) is 5.91 Å². The van der Waals surface area contributed by atoms with Crippen LogP contribution in [0.3, 0.4) is 0 Å². The second-order valence-electron chi connectivity index (χ2n) is 5.86. The summed E-state index contributed by atoms with van der Waals surface area (Å²) in [6.45, 7) is 0.553. The van der Waals surface area contributed by atoms with Crippen molar-refractivity contribution in [1.29, 1.82) is 0 Å². The van der Waals surface area contributed by atoms with Gasteiger partial charge < -0.3 is 5.32 Å². The summed E-state index contributed by atoms with van der Waals surface area (Å²) in [5.74, 6) is -0.119. The van der Waals surface area contributed by atoms with Crippen LogP contribution in [0.5, 0.6) is 0 Å². The molecule has 0 spiro atoms. The number of hydrogen-bond donors (Lipinski definition) is 1. The number of carbonyl (C=O) groups is 1. The Morgan fingerprint density at radius 2 is 1.21 bits per heavy atom. The number of benzene rings is 3. The SMILES string of the molecule is O=C(NCc1ccccc1)C(Cc1ccccc1)c1ccccc1. The molecule has 1 amide bonds. The summed E-state index contributed by atoms with van der Waals surface area (Å²) in [5.41, 5.74) is 3.32. The van der Waals surface area contributed by atoms with Crippen molar-refractivity contribution in [3.63, 3.8) is 0 Å². The minimum Gasteiger partial charge on any atom is -0.351 e. The van der Waals surface area contributed by atoms with E-state index in [1.165, 1.54) is 5.56 Å². The fraction of sp³-hybridized carbons (Fsp3) is 0.136. The molecule has 0 aliphatic heterocycles. The number of hydrogen-bond acceptors (Lipinski definition) is 1. The molecule has 0 heterocycles. The Hall–Kier alpha value is -2.87. The molecule has 0 aliphatic rings. The normalized spacial score (nSPS) is 11.7. The average molecular weight is 315 g/mol. The third-order valence-electron chi connectivity index (χ3n) is 4.11. The first-order valence-corrected chi connectivity index (χ1v) is 8.23. The average Bonchev–Trinajstić information content (AvgIpc) is 2.66. The zero-order chi connectivity index (χ0) is 16.6. The van der Waals surface area contributed by atoms with Gasteiger partial charge in [-0.2, -0.15) is 0 Å². The maximum Gasteiger partial charge on any atom is 0.228 e. The molecule has 0 bridgehead atoms. The number of rotatable bonds is 6. The highest BCUT2D eigenvalue weighted by Gasteiger charge is 2.20. The lowest BCUT2D eigenvalue weighted by Crippen LogP contribution is -2.30. The molecule has 2 heteroatoms. The third-order valence-corrected chi connectivity index (χ3v) is 4.11. The Labute approximate surface area is 143 Å². The number of nitrogens with one attached hydrogen (secondary N) is 1. The summed E-state index contributed by atoms with van der Waals surface area (Å²) in [5, 5.41) is 3.08. The number of carbonyl (C=O) groups excluding carboxylic acids is 1. The molecule has 3 aromatic carbocycles. The van der Waals surface area contributed by atoms with Crippen molar-refractivity contribution in [3.05, 3.63) is 108 Å². The van der Waals surface area contributed by atoms with Crippen LogP contribution < -0.4 is 5.32 Å². The molecule has 1 unspecified atom stereocenters. The minimum atomic E-state index is -0.183. The molecular formula is C22H21NO. The fourth-order valence-electron chi connectivity index (χ4n) is 2.81. The standard InChI is InChI=1S/C22H21NO/c24-22(23-17-19-12-6-2-7-13-19)21(20-14-8-3-9-15-20)16-18-10-4-1-5-11-18/h1-15,21H,16-17H2,(H,23,24). The Morgan fingerprint density at radius 1 is 0.708 bits per heavy atom. The summed E-state index contributed by atoms with van der Waals surface area (Å²) in [7, 11) is 0. The van der Waals surface area contributed by atoms with Gasteiger partial charge in [-0.1, -0.05) is 91.0 Å². The van der Waals surface area contributed by atoms with E-state index < -0.39 is 0 Å². The maximum absolute atomic E-state index is 12.8. The van der Waals surface area contributed by atoms with Gasteiger partial charge in [0.1, 0.15) is 0 Å². The summed E-state index contributed by atoms with van der Waals surface area (Å²) in [6, 6.07) is 30.2. The van der Waals surface area contributed by atoms with Crippen LogP contribution in [0.2, 0.25) is 0 Å². The van der Waals surface area contributed by atoms with Gasteiger partial charge in [0.05, 0.1) is 5.92 Å². The molecule has 3 aromatic rings. The molecule has 0 saturated carbocycles. The van der Waals surface area contributed by atoms with E-state index >= 15 is 0 Å². The summed E-state index contributed by atoms with van der Waals surface area (Å²) in [6.07, 6.45) is 0.700. The number of amides is 1. The van der Waals surface area contributed by atoms with Crippen LogP contribution >= 0.6 is 0 Å². The van der Waals surface area contributed by atoms with Gasteiger partial charge in [0.25, 0.3) is 0 Å². The predicted molar refractivity (Wildman–Crippen MR) is 97.6 cm³/mol. The zero-order valence-electron chi connectivity index (χ0n) is 13.6. The molecule has 0 fully saturated rings. The third kappa shape index (κ3) is 4.32. The first kappa shape index (κ1) is 16.0. The second-order valence-corrected chi connectivity index (χ2v) is 5.86. The Kier molecular flexibility index (Phi) is 5.41. The summed E-state index contributed by atoms with van der Waals surface area (Å²) >= 11 is 0. The van der Waals surface area contributed by atoms with E-state index in [1.807, 2.05) is 78.9 Å². The fourth-order valence-corrected chi connectivity index (χ4v) is 2.81. The van der Waals surface area contributed by atoms with Gasteiger partial charge >= 0.3 is 0 Å². The van der Waals surface area contributed by atoms with Gasteiger partial charge in [0.2, 0.25) is 5.91 Å². The molecule has 0 aliphatic carbocycles. The lowest BCUT2D eigenvalue weighted by molar-refractivity contribution is -0.122. The topological polar surface area (TPSA) is 29.1 Å². The smallest absolute Gasteiger partial charge is 0.228 e. The highest BCUT2D eigenvalue weighted by molar-refractivity contribution is 5.84. The lowest BCUT2D eigenvalue weighted by Gasteiger charge is -2.17. The first-order chi connectivity index (χ1) is 11.8. The molecule has 120 valence electrons. The molecule has 2 nitrogen and oxygen atoms in total. The highest BCUT2D eigenvalue weighted by Crippen LogP contribution is 2.21. The molecule has 0 saturated heterocycles. The van der Waals surface area contributed by atoms with Crippen molar-refractivity contribution in [2.75, 3.05) is 0 Å². The van der Waals surface area contributed by atoms with Gasteiger partial charge in [-0.15, -0.1) is 0 Å². The molecule has 3 rings (SSSR count). The highest BCUT2D eigenvalue weighted by atomic mass is 16.1. The molecular weight excluding hydrogens is 294 g/mol. The van der Waals surface area contributed by atoms with Gasteiger partial charge in [-0.3, -0.25) is 4.79 Å². The van der Waals surface area contributed by atoms with Crippen molar-refractivity contribution >= 4 is 5.91 Å². The Balaban J connectivity index is 1.75. The molecule has 0 radical (unpaired) electrons. The molecule has 24 heavy (non-hydrogen) atoms. The van der Waals surface area contributed by atoms with E-state index in [9.17, 15) is 4.79 Å². The molecule has 1 N–H and O–H groups in total. The van der Waals surface area contributed by atoms with Crippen molar-refractivity contribution in [2.45, 2.75) is 18.9 Å². The van der Waals surface area contributed by atoms with Crippen molar-refractivity contribution < 1.29 is 4.79 Å². The van der Waals surface area contributed by atoms with E-state index in [0.29, 0.717) is 13.0 Å². The van der Waals surface area contributed by atoms with Crippen LogP contribution in [0.1, 0.15) is 22.6 Å². The quantitative estimate of drug-likeness (QED) is 0.721. The van der Waals surface area contributed by atoms with Crippen LogP contribution in [0, 0.1) is 0 Å². The first-order valence-electron chi connectivity index (χ1n) is 8.23. The lowest BCUT2D eigenvalue weighted by atomic mass is 9.91. The van der Waals surface area contributed by atoms with Gasteiger partial charge in [0, 0.05) is 6.54 Å². The van der Waals surface area contributed by atoms with Gasteiger partial charge in [-0.25, -0.2) is 0 Å². The van der Waals surface area contributed by atoms with Crippen molar-refractivity contribution in [1.82, 2.24) is 5.32 Å². The second kappa shape index (κ2) is 8.11. The van der Waals surface area contributed by atoms with Crippen molar-refractivity contribution in [2.24, 2.45) is 0 Å². The van der Waals surface area contributed by atoms with Crippen LogP contribution in [0.4, 0.5) is 0 Å². The minimum absolute atomic E-state index is 0.0638. The molecule has 1 atom stereocenters. The van der Waals surface area contributed by atoms with E-state index in [-0.39, 0.29) is 11.8 Å². The Bertz CT molecular complexity index is 754. The summed E-state index contributed by atoms with van der Waals surface area (Å²) < 4.78 is 0. The maximum atomic E-state index is 12.8. The van der Waals surface area contributed by atoms with Crippen LogP contribution in [0.25, 0.3) is 0 Å². The van der Waals surface area contributed by atoms with Crippen LogP contribution in [0.15, 0.2) is 91.0 Å². The van der Waals surface area contributed by atoms with E-state index in [1.54, 1.807) is 0 Å². The largest absolute Gasteiger partial charge is 0.351 e. The summed E-state index contributed by atoms with van der Waals surface area (Å²) in [4.78, 5) is 12.8. The van der Waals surface area contributed by atoms with Gasteiger partial charge in [-0.05, 0) is 23.1 Å². The van der Waals surface area contributed by atoms with Crippen LogP contribution in [-0.2, 0) is 17.8 Å². The zero-order valence-corrected chi connectivity index (χ0v) is 13.6.